The molecular weight excluding hydrogens is 246 g/mol. The van der Waals surface area contributed by atoms with Gasteiger partial charge in [0.25, 0.3) is 0 Å². The third-order valence-corrected chi connectivity index (χ3v) is 4.17. The molecule has 0 amide bonds. The van der Waals surface area contributed by atoms with Crippen molar-refractivity contribution in [2.24, 2.45) is 0 Å². The Bertz CT molecular complexity index is 625. The van der Waals surface area contributed by atoms with E-state index >= 15 is 0 Å². The Hall–Kier alpha value is -1.61. The van der Waals surface area contributed by atoms with Crippen molar-refractivity contribution in [3.63, 3.8) is 0 Å². The van der Waals surface area contributed by atoms with Crippen molar-refractivity contribution in [2.75, 3.05) is 7.05 Å². The highest BCUT2D eigenvalue weighted by Gasteiger charge is 2.21. The van der Waals surface area contributed by atoms with Crippen LogP contribution in [0, 0.1) is 13.8 Å². The van der Waals surface area contributed by atoms with Crippen LogP contribution in [0.2, 0.25) is 0 Å². The average Bonchev–Trinajstić information content (AvgIpc) is 2.79. The molecule has 3 nitrogen and oxygen atoms in total. The van der Waals surface area contributed by atoms with Crippen molar-refractivity contribution in [3.05, 3.63) is 40.7 Å². The number of aromatic nitrogens is 2. The minimum absolute atomic E-state index is 0.861. The van der Waals surface area contributed by atoms with Crippen LogP contribution in [0.4, 0.5) is 0 Å². The second-order valence-electron chi connectivity index (χ2n) is 5.79. The quantitative estimate of drug-likeness (QED) is 0.927. The summed E-state index contributed by atoms with van der Waals surface area (Å²) in [5, 5.41) is 3.25. The van der Waals surface area contributed by atoms with Crippen molar-refractivity contribution in [3.8, 4) is 11.4 Å². The smallest absolute Gasteiger partial charge is 0.140 e. The van der Waals surface area contributed by atoms with Crippen LogP contribution in [0.25, 0.3) is 11.4 Å². The van der Waals surface area contributed by atoms with Crippen molar-refractivity contribution in [2.45, 2.75) is 46.2 Å². The molecular formula is C17H23N3. The molecule has 0 saturated heterocycles. The molecule has 0 radical (unpaired) electrons. The van der Waals surface area contributed by atoms with E-state index in [4.69, 9.17) is 4.98 Å². The first-order chi connectivity index (χ1) is 9.70. The number of nitrogens with zero attached hydrogens (tertiary/aromatic N) is 2. The zero-order chi connectivity index (χ0) is 14.1. The van der Waals surface area contributed by atoms with E-state index in [0.717, 1.165) is 25.3 Å². The SMILES string of the molecule is CNCc1nc(-c2ccc(C)cc2C)n2c1CCCC2. The molecule has 0 aliphatic carbocycles. The first-order valence-electron chi connectivity index (χ1n) is 7.51. The third kappa shape index (κ3) is 2.27. The Kier molecular flexibility index (Phi) is 3.62. The molecule has 3 rings (SSSR count). The van der Waals surface area contributed by atoms with Crippen LogP contribution in [-0.2, 0) is 19.5 Å². The molecule has 2 heterocycles. The Morgan fingerprint density at radius 1 is 1.25 bits per heavy atom. The molecule has 1 aliphatic heterocycles. The van der Waals surface area contributed by atoms with Gasteiger partial charge in [0.2, 0.25) is 0 Å². The van der Waals surface area contributed by atoms with Crippen molar-refractivity contribution in [1.82, 2.24) is 14.9 Å². The summed E-state index contributed by atoms with van der Waals surface area (Å²) in [7, 11) is 1.99. The molecule has 0 atom stereocenters. The summed E-state index contributed by atoms with van der Waals surface area (Å²) in [5.41, 5.74) is 6.57. The lowest BCUT2D eigenvalue weighted by molar-refractivity contribution is 0.531. The van der Waals surface area contributed by atoms with Crippen molar-refractivity contribution in [1.29, 1.82) is 0 Å². The fourth-order valence-electron chi connectivity index (χ4n) is 3.20. The number of nitrogens with one attached hydrogen (secondary N) is 1. The number of fused-ring (bicyclic) bond motifs is 1. The van der Waals surface area contributed by atoms with E-state index in [9.17, 15) is 0 Å². The molecule has 0 fully saturated rings. The second kappa shape index (κ2) is 5.41. The van der Waals surface area contributed by atoms with E-state index < -0.39 is 0 Å². The second-order valence-corrected chi connectivity index (χ2v) is 5.79. The first kappa shape index (κ1) is 13.4. The van der Waals surface area contributed by atoms with Gasteiger partial charge in [0.05, 0.1) is 5.69 Å². The van der Waals surface area contributed by atoms with Gasteiger partial charge in [-0.05, 0) is 45.7 Å². The van der Waals surface area contributed by atoms with Crippen LogP contribution in [0.1, 0.15) is 35.4 Å². The number of hydrogen-bond acceptors (Lipinski definition) is 2. The summed E-state index contributed by atoms with van der Waals surface area (Å²) in [5.74, 6) is 1.16. The van der Waals surface area contributed by atoms with E-state index in [1.54, 1.807) is 0 Å². The zero-order valence-corrected chi connectivity index (χ0v) is 12.7. The summed E-state index contributed by atoms with van der Waals surface area (Å²) in [6.45, 7) is 6.30. The lowest BCUT2D eigenvalue weighted by Gasteiger charge is -2.18. The van der Waals surface area contributed by atoms with Crippen LogP contribution in [0.15, 0.2) is 18.2 Å². The van der Waals surface area contributed by atoms with Crippen LogP contribution < -0.4 is 5.32 Å². The molecule has 0 unspecified atom stereocenters. The number of hydrogen-bond donors (Lipinski definition) is 1. The Morgan fingerprint density at radius 3 is 2.85 bits per heavy atom. The minimum atomic E-state index is 0.861. The average molecular weight is 269 g/mol. The van der Waals surface area contributed by atoms with E-state index in [1.165, 1.54) is 40.9 Å². The lowest BCUT2D eigenvalue weighted by Crippen LogP contribution is -2.14. The van der Waals surface area contributed by atoms with Crippen LogP contribution in [0.5, 0.6) is 0 Å². The number of rotatable bonds is 3. The number of benzene rings is 1. The van der Waals surface area contributed by atoms with Crippen molar-refractivity contribution < 1.29 is 0 Å². The van der Waals surface area contributed by atoms with E-state index in [2.05, 4.69) is 41.9 Å². The Labute approximate surface area is 121 Å². The first-order valence-corrected chi connectivity index (χ1v) is 7.51. The maximum atomic E-state index is 4.94. The van der Waals surface area contributed by atoms with Gasteiger partial charge in [0.1, 0.15) is 5.82 Å². The largest absolute Gasteiger partial charge is 0.328 e. The maximum Gasteiger partial charge on any atom is 0.140 e. The van der Waals surface area contributed by atoms with Gasteiger partial charge < -0.3 is 9.88 Å². The van der Waals surface area contributed by atoms with E-state index in [1.807, 2.05) is 7.05 Å². The molecule has 106 valence electrons. The highest BCUT2D eigenvalue weighted by molar-refractivity contribution is 5.62. The number of imidazole rings is 1. The molecule has 0 saturated carbocycles. The molecule has 1 N–H and O–H groups in total. The van der Waals surface area contributed by atoms with Crippen LogP contribution >= 0.6 is 0 Å². The molecule has 3 heteroatoms. The van der Waals surface area contributed by atoms with Gasteiger partial charge in [0.15, 0.2) is 0 Å². The van der Waals surface area contributed by atoms with Crippen LogP contribution in [-0.4, -0.2) is 16.6 Å². The Balaban J connectivity index is 2.13. The molecule has 1 aromatic heterocycles. The monoisotopic (exact) mass is 269 g/mol. The number of aryl methyl sites for hydroxylation is 2. The minimum Gasteiger partial charge on any atom is -0.328 e. The predicted molar refractivity (Wildman–Crippen MR) is 82.8 cm³/mol. The standard InChI is InChI=1S/C17H23N3/c1-12-7-8-14(13(2)10-12)17-19-15(11-18-3)16-6-4-5-9-20(16)17/h7-8,10,18H,4-6,9,11H2,1-3H3. The highest BCUT2D eigenvalue weighted by Crippen LogP contribution is 2.29. The summed E-state index contributed by atoms with van der Waals surface area (Å²) < 4.78 is 2.44. The molecule has 1 aromatic carbocycles. The molecule has 0 spiro atoms. The van der Waals surface area contributed by atoms with Crippen molar-refractivity contribution >= 4 is 0 Å². The Morgan fingerprint density at radius 2 is 2.10 bits per heavy atom. The van der Waals surface area contributed by atoms with Gasteiger partial charge in [-0.15, -0.1) is 0 Å². The third-order valence-electron chi connectivity index (χ3n) is 4.17. The zero-order valence-electron chi connectivity index (χ0n) is 12.7. The fourth-order valence-corrected chi connectivity index (χ4v) is 3.20. The summed E-state index contributed by atoms with van der Waals surface area (Å²) in [4.78, 5) is 4.94. The molecule has 20 heavy (non-hydrogen) atoms. The normalized spacial score (nSPS) is 14.3. The topological polar surface area (TPSA) is 29.9 Å². The van der Waals surface area contributed by atoms with E-state index in [0.29, 0.717) is 0 Å². The molecule has 2 aromatic rings. The fraction of sp³-hybridized carbons (Fsp3) is 0.471. The van der Waals surface area contributed by atoms with Gasteiger partial charge in [-0.25, -0.2) is 4.98 Å². The van der Waals surface area contributed by atoms with Gasteiger partial charge in [-0.2, -0.15) is 0 Å². The summed E-state index contributed by atoms with van der Waals surface area (Å²) in [6.07, 6.45) is 3.71. The molecule has 1 aliphatic rings. The summed E-state index contributed by atoms with van der Waals surface area (Å²) >= 11 is 0. The van der Waals surface area contributed by atoms with Gasteiger partial charge in [0, 0.05) is 24.3 Å². The maximum absolute atomic E-state index is 4.94. The molecule has 0 bridgehead atoms. The van der Waals surface area contributed by atoms with Crippen LogP contribution in [0.3, 0.4) is 0 Å². The summed E-state index contributed by atoms with van der Waals surface area (Å²) in [6, 6.07) is 6.65. The van der Waals surface area contributed by atoms with Gasteiger partial charge in [-0.1, -0.05) is 23.8 Å². The predicted octanol–water partition coefficient (Wildman–Crippen LogP) is 3.22. The van der Waals surface area contributed by atoms with E-state index in [-0.39, 0.29) is 0 Å². The lowest BCUT2D eigenvalue weighted by atomic mass is 10.0. The highest BCUT2D eigenvalue weighted by atomic mass is 15.1. The van der Waals surface area contributed by atoms with Gasteiger partial charge in [-0.3, -0.25) is 0 Å². The van der Waals surface area contributed by atoms with Gasteiger partial charge >= 0.3 is 0 Å².